The summed E-state index contributed by atoms with van der Waals surface area (Å²) in [7, 11) is 0. The van der Waals surface area contributed by atoms with Crippen LogP contribution in [-0.4, -0.2) is 18.0 Å². The fourth-order valence-corrected chi connectivity index (χ4v) is 2.34. The summed E-state index contributed by atoms with van der Waals surface area (Å²) in [5, 5.41) is 3.15. The molecule has 0 aromatic heterocycles. The lowest BCUT2D eigenvalue weighted by Gasteiger charge is -2.33. The SMILES string of the molecule is CCC(C)NC(N)=NC1CC(c2ccccc2F)C1. The van der Waals surface area contributed by atoms with E-state index in [0.717, 1.165) is 24.8 Å². The molecule has 104 valence electrons. The number of halogens is 1. The minimum Gasteiger partial charge on any atom is -0.370 e. The molecule has 0 radical (unpaired) electrons. The summed E-state index contributed by atoms with van der Waals surface area (Å²) in [6.45, 7) is 4.17. The number of nitrogens with one attached hydrogen (secondary N) is 1. The molecule has 1 unspecified atom stereocenters. The zero-order valence-corrected chi connectivity index (χ0v) is 11.6. The van der Waals surface area contributed by atoms with Crippen molar-refractivity contribution in [2.75, 3.05) is 0 Å². The summed E-state index contributed by atoms with van der Waals surface area (Å²) in [4.78, 5) is 4.44. The molecule has 1 saturated carbocycles. The Morgan fingerprint density at radius 3 is 2.79 bits per heavy atom. The van der Waals surface area contributed by atoms with Crippen LogP contribution in [0.4, 0.5) is 4.39 Å². The van der Waals surface area contributed by atoms with Crippen molar-refractivity contribution in [2.24, 2.45) is 10.7 Å². The number of aliphatic imine (C=N–C) groups is 1. The lowest BCUT2D eigenvalue weighted by atomic mass is 9.76. The molecule has 1 aliphatic rings. The minimum atomic E-state index is -0.111. The molecule has 0 saturated heterocycles. The number of nitrogens with zero attached hydrogens (tertiary/aromatic N) is 1. The topological polar surface area (TPSA) is 50.4 Å². The minimum absolute atomic E-state index is 0.111. The summed E-state index contributed by atoms with van der Waals surface area (Å²) in [6.07, 6.45) is 2.77. The lowest BCUT2D eigenvalue weighted by Crippen LogP contribution is -2.40. The maximum atomic E-state index is 13.6. The maximum absolute atomic E-state index is 13.6. The highest BCUT2D eigenvalue weighted by Crippen LogP contribution is 2.39. The van der Waals surface area contributed by atoms with Crippen molar-refractivity contribution in [1.29, 1.82) is 0 Å². The molecule has 1 atom stereocenters. The Labute approximate surface area is 114 Å². The van der Waals surface area contributed by atoms with Crippen molar-refractivity contribution in [2.45, 2.75) is 51.1 Å². The molecule has 3 N–H and O–H groups in total. The fourth-order valence-electron chi connectivity index (χ4n) is 2.34. The first-order valence-corrected chi connectivity index (χ1v) is 6.94. The number of benzene rings is 1. The van der Waals surface area contributed by atoms with E-state index in [1.165, 1.54) is 6.07 Å². The molecule has 1 fully saturated rings. The molecule has 0 heterocycles. The van der Waals surface area contributed by atoms with Crippen LogP contribution in [0, 0.1) is 5.82 Å². The molecule has 1 aromatic carbocycles. The van der Waals surface area contributed by atoms with Crippen molar-refractivity contribution in [3.05, 3.63) is 35.6 Å². The molecule has 1 aromatic rings. The third kappa shape index (κ3) is 3.46. The Kier molecular flexibility index (Phi) is 4.40. The standard InChI is InChI=1S/C15H22FN3/c1-3-10(2)18-15(17)19-12-8-11(9-12)13-6-4-5-7-14(13)16/h4-7,10-12H,3,8-9H2,1-2H3,(H3,17,18,19). The van der Waals surface area contributed by atoms with Crippen molar-refractivity contribution in [3.8, 4) is 0 Å². The van der Waals surface area contributed by atoms with Gasteiger partial charge in [0.25, 0.3) is 0 Å². The summed E-state index contributed by atoms with van der Waals surface area (Å²) >= 11 is 0. The van der Waals surface area contributed by atoms with E-state index in [2.05, 4.69) is 24.2 Å². The average molecular weight is 263 g/mol. The summed E-state index contributed by atoms with van der Waals surface area (Å²) in [6, 6.07) is 7.55. The van der Waals surface area contributed by atoms with Crippen molar-refractivity contribution in [3.63, 3.8) is 0 Å². The Morgan fingerprint density at radius 2 is 2.16 bits per heavy atom. The average Bonchev–Trinajstić information content (AvgIpc) is 2.34. The number of rotatable bonds is 4. The first-order valence-electron chi connectivity index (χ1n) is 6.94. The van der Waals surface area contributed by atoms with Gasteiger partial charge in [0.15, 0.2) is 5.96 Å². The van der Waals surface area contributed by atoms with Gasteiger partial charge in [-0.05, 0) is 43.7 Å². The highest BCUT2D eigenvalue weighted by molar-refractivity contribution is 5.78. The summed E-state index contributed by atoms with van der Waals surface area (Å²) in [5.41, 5.74) is 6.65. The molecule has 2 rings (SSSR count). The van der Waals surface area contributed by atoms with E-state index in [1.807, 2.05) is 12.1 Å². The van der Waals surface area contributed by atoms with Crippen LogP contribution in [-0.2, 0) is 0 Å². The smallest absolute Gasteiger partial charge is 0.189 e. The quantitative estimate of drug-likeness (QED) is 0.648. The lowest BCUT2D eigenvalue weighted by molar-refractivity contribution is 0.343. The predicted molar refractivity (Wildman–Crippen MR) is 76.7 cm³/mol. The Morgan fingerprint density at radius 1 is 1.47 bits per heavy atom. The zero-order chi connectivity index (χ0) is 13.8. The highest BCUT2D eigenvalue weighted by Gasteiger charge is 2.31. The molecular weight excluding hydrogens is 241 g/mol. The number of hydrogen-bond acceptors (Lipinski definition) is 1. The highest BCUT2D eigenvalue weighted by atomic mass is 19.1. The third-order valence-electron chi connectivity index (χ3n) is 3.79. The van der Waals surface area contributed by atoms with Gasteiger partial charge in [-0.25, -0.2) is 4.39 Å². The van der Waals surface area contributed by atoms with Crippen LogP contribution in [0.1, 0.15) is 44.6 Å². The Bertz CT molecular complexity index is 452. The molecule has 1 aliphatic carbocycles. The molecular formula is C15H22FN3. The van der Waals surface area contributed by atoms with E-state index < -0.39 is 0 Å². The van der Waals surface area contributed by atoms with E-state index >= 15 is 0 Å². The van der Waals surface area contributed by atoms with Gasteiger partial charge in [0.2, 0.25) is 0 Å². The first kappa shape index (κ1) is 13.8. The largest absolute Gasteiger partial charge is 0.370 e. The van der Waals surface area contributed by atoms with Crippen LogP contribution in [0.3, 0.4) is 0 Å². The van der Waals surface area contributed by atoms with E-state index in [4.69, 9.17) is 5.73 Å². The van der Waals surface area contributed by atoms with Crippen LogP contribution < -0.4 is 11.1 Å². The molecule has 19 heavy (non-hydrogen) atoms. The summed E-state index contributed by atoms with van der Waals surface area (Å²) in [5.74, 6) is 0.679. The van der Waals surface area contributed by atoms with E-state index in [0.29, 0.717) is 12.0 Å². The zero-order valence-electron chi connectivity index (χ0n) is 11.6. The van der Waals surface area contributed by atoms with Gasteiger partial charge in [-0.15, -0.1) is 0 Å². The van der Waals surface area contributed by atoms with Gasteiger partial charge in [-0.3, -0.25) is 4.99 Å². The second kappa shape index (κ2) is 6.04. The van der Waals surface area contributed by atoms with E-state index in [1.54, 1.807) is 6.07 Å². The fraction of sp³-hybridized carbons (Fsp3) is 0.533. The Balaban J connectivity index is 1.86. The van der Waals surface area contributed by atoms with Gasteiger partial charge >= 0.3 is 0 Å². The second-order valence-electron chi connectivity index (χ2n) is 5.31. The molecule has 3 nitrogen and oxygen atoms in total. The van der Waals surface area contributed by atoms with Gasteiger partial charge in [0.1, 0.15) is 5.82 Å². The van der Waals surface area contributed by atoms with Gasteiger partial charge in [-0.2, -0.15) is 0 Å². The van der Waals surface area contributed by atoms with Crippen molar-refractivity contribution in [1.82, 2.24) is 5.32 Å². The predicted octanol–water partition coefficient (Wildman–Crippen LogP) is 2.77. The van der Waals surface area contributed by atoms with Crippen LogP contribution >= 0.6 is 0 Å². The molecule has 0 aliphatic heterocycles. The number of guanidine groups is 1. The van der Waals surface area contributed by atoms with Gasteiger partial charge in [0, 0.05) is 6.04 Å². The van der Waals surface area contributed by atoms with Gasteiger partial charge in [0.05, 0.1) is 6.04 Å². The second-order valence-corrected chi connectivity index (χ2v) is 5.31. The molecule has 0 spiro atoms. The van der Waals surface area contributed by atoms with Crippen LogP contribution in [0.2, 0.25) is 0 Å². The van der Waals surface area contributed by atoms with E-state index in [-0.39, 0.29) is 17.8 Å². The molecule has 4 heteroatoms. The molecule has 0 amide bonds. The molecule has 0 bridgehead atoms. The van der Waals surface area contributed by atoms with Crippen LogP contribution in [0.25, 0.3) is 0 Å². The maximum Gasteiger partial charge on any atom is 0.189 e. The monoisotopic (exact) mass is 263 g/mol. The van der Waals surface area contributed by atoms with Crippen LogP contribution in [0.15, 0.2) is 29.3 Å². The van der Waals surface area contributed by atoms with Gasteiger partial charge in [-0.1, -0.05) is 25.1 Å². The third-order valence-corrected chi connectivity index (χ3v) is 3.79. The van der Waals surface area contributed by atoms with Crippen LogP contribution in [0.5, 0.6) is 0 Å². The van der Waals surface area contributed by atoms with Crippen molar-refractivity contribution < 1.29 is 4.39 Å². The Hall–Kier alpha value is -1.58. The number of hydrogen-bond donors (Lipinski definition) is 2. The van der Waals surface area contributed by atoms with Crippen molar-refractivity contribution >= 4 is 5.96 Å². The van der Waals surface area contributed by atoms with Gasteiger partial charge < -0.3 is 11.1 Å². The normalized spacial score (nSPS) is 24.7. The first-order chi connectivity index (χ1) is 9.10. The van der Waals surface area contributed by atoms with E-state index in [9.17, 15) is 4.39 Å². The number of nitrogens with two attached hydrogens (primary N) is 1. The summed E-state index contributed by atoms with van der Waals surface area (Å²) < 4.78 is 13.6.